The van der Waals surface area contributed by atoms with Crippen LogP contribution in [0.25, 0.3) is 0 Å². The van der Waals surface area contributed by atoms with Crippen LogP contribution in [-0.2, 0) is 13.5 Å². The highest BCUT2D eigenvalue weighted by Gasteiger charge is 2.27. The van der Waals surface area contributed by atoms with Gasteiger partial charge in [-0.1, -0.05) is 13.3 Å². The molecule has 0 aliphatic rings. The van der Waals surface area contributed by atoms with E-state index < -0.39 is 4.92 Å². The summed E-state index contributed by atoms with van der Waals surface area (Å²) in [6, 6.07) is 0. The lowest BCUT2D eigenvalue weighted by Gasteiger charge is -2.02. The molecule has 0 aliphatic heterocycles. The molecule has 0 atom stereocenters. The molecule has 1 aromatic heterocycles. The molecule has 7 heteroatoms. The molecule has 0 aliphatic carbocycles. The van der Waals surface area contributed by atoms with E-state index in [1.54, 1.807) is 7.05 Å². The van der Waals surface area contributed by atoms with Crippen LogP contribution in [0.3, 0.4) is 0 Å². The fourth-order valence-corrected chi connectivity index (χ4v) is 1.46. The Labute approximate surface area is 93.3 Å². The summed E-state index contributed by atoms with van der Waals surface area (Å²) in [5.74, 6) is 0.180. The van der Waals surface area contributed by atoms with Gasteiger partial charge in [-0.2, -0.15) is 5.10 Å². The second-order valence-electron chi connectivity index (χ2n) is 3.37. The number of nitro groups is 1. The molecule has 0 saturated heterocycles. The van der Waals surface area contributed by atoms with Crippen molar-refractivity contribution in [2.24, 2.45) is 12.8 Å². The molecule has 1 heterocycles. The van der Waals surface area contributed by atoms with Crippen LogP contribution < -0.4 is 10.5 Å². The van der Waals surface area contributed by atoms with Gasteiger partial charge in [0.15, 0.2) is 0 Å². The number of rotatable bonds is 6. The zero-order chi connectivity index (χ0) is 12.1. The number of ether oxygens (including phenoxy) is 1. The van der Waals surface area contributed by atoms with E-state index in [9.17, 15) is 10.1 Å². The molecule has 0 bridgehead atoms. The Morgan fingerprint density at radius 2 is 2.31 bits per heavy atom. The van der Waals surface area contributed by atoms with Crippen LogP contribution >= 0.6 is 0 Å². The molecule has 0 fully saturated rings. The van der Waals surface area contributed by atoms with E-state index in [4.69, 9.17) is 10.5 Å². The average Bonchev–Trinajstić information content (AvgIpc) is 2.52. The number of aromatic nitrogens is 2. The fourth-order valence-electron chi connectivity index (χ4n) is 1.46. The Bertz CT molecular complexity index is 375. The minimum atomic E-state index is -0.455. The van der Waals surface area contributed by atoms with Gasteiger partial charge in [0.2, 0.25) is 0 Å². The van der Waals surface area contributed by atoms with E-state index in [1.165, 1.54) is 4.68 Å². The maximum atomic E-state index is 10.9. The Balaban J connectivity index is 3.08. The second-order valence-corrected chi connectivity index (χ2v) is 3.37. The molecule has 0 spiro atoms. The molecule has 2 N–H and O–H groups in total. The molecular weight excluding hydrogens is 212 g/mol. The van der Waals surface area contributed by atoms with Crippen molar-refractivity contribution < 1.29 is 9.66 Å². The van der Waals surface area contributed by atoms with Crippen molar-refractivity contribution >= 4 is 5.69 Å². The molecule has 0 unspecified atom stereocenters. The van der Waals surface area contributed by atoms with Crippen LogP contribution in [0.15, 0.2) is 0 Å². The Morgan fingerprint density at radius 3 is 2.81 bits per heavy atom. The lowest BCUT2D eigenvalue weighted by atomic mass is 10.2. The van der Waals surface area contributed by atoms with Crippen molar-refractivity contribution in [1.82, 2.24) is 9.78 Å². The molecule has 16 heavy (non-hydrogen) atoms. The summed E-state index contributed by atoms with van der Waals surface area (Å²) in [5, 5.41) is 15.0. The first-order chi connectivity index (χ1) is 7.61. The van der Waals surface area contributed by atoms with E-state index in [0.717, 1.165) is 6.42 Å². The van der Waals surface area contributed by atoms with E-state index in [1.807, 2.05) is 6.92 Å². The minimum absolute atomic E-state index is 0.0437. The number of hydrogen-bond acceptors (Lipinski definition) is 5. The monoisotopic (exact) mass is 228 g/mol. The third-order valence-electron chi connectivity index (χ3n) is 2.07. The van der Waals surface area contributed by atoms with Crippen LogP contribution in [0.5, 0.6) is 5.88 Å². The third-order valence-corrected chi connectivity index (χ3v) is 2.07. The summed E-state index contributed by atoms with van der Waals surface area (Å²) < 4.78 is 6.63. The number of aryl methyl sites for hydroxylation is 2. The smallest absolute Gasteiger partial charge is 0.353 e. The third kappa shape index (κ3) is 2.48. The van der Waals surface area contributed by atoms with Crippen LogP contribution in [0.1, 0.15) is 19.0 Å². The van der Waals surface area contributed by atoms with Gasteiger partial charge in [-0.25, -0.2) is 4.68 Å². The first-order valence-electron chi connectivity index (χ1n) is 5.14. The van der Waals surface area contributed by atoms with Gasteiger partial charge >= 0.3 is 5.69 Å². The van der Waals surface area contributed by atoms with Crippen LogP contribution in [0, 0.1) is 10.1 Å². The Hall–Kier alpha value is -1.63. The fraction of sp³-hybridized carbons (Fsp3) is 0.667. The molecule has 1 rings (SSSR count). The van der Waals surface area contributed by atoms with Gasteiger partial charge in [0, 0.05) is 13.6 Å². The number of hydrogen-bond donors (Lipinski definition) is 1. The first-order valence-corrected chi connectivity index (χ1v) is 5.14. The summed E-state index contributed by atoms with van der Waals surface area (Å²) in [7, 11) is 1.62. The highest BCUT2D eigenvalue weighted by atomic mass is 16.6. The topological polar surface area (TPSA) is 96.2 Å². The van der Waals surface area contributed by atoms with E-state index in [-0.39, 0.29) is 18.2 Å². The molecule has 90 valence electrons. The molecule has 0 saturated carbocycles. The maximum absolute atomic E-state index is 10.9. The molecule has 1 aromatic rings. The van der Waals surface area contributed by atoms with Crippen molar-refractivity contribution in [3.05, 3.63) is 15.8 Å². The van der Waals surface area contributed by atoms with E-state index >= 15 is 0 Å². The maximum Gasteiger partial charge on any atom is 0.353 e. The molecule has 7 nitrogen and oxygen atoms in total. The summed E-state index contributed by atoms with van der Waals surface area (Å²) in [6.07, 6.45) is 1.37. The van der Waals surface area contributed by atoms with Gasteiger partial charge in [-0.15, -0.1) is 0 Å². The van der Waals surface area contributed by atoms with Crippen LogP contribution in [0.2, 0.25) is 0 Å². The predicted octanol–water partition coefficient (Wildman–Crippen LogP) is 0.618. The molecular formula is C9H16N4O3. The second kappa shape index (κ2) is 5.45. The van der Waals surface area contributed by atoms with Crippen LogP contribution in [0.4, 0.5) is 5.69 Å². The van der Waals surface area contributed by atoms with Gasteiger partial charge in [0.05, 0.1) is 4.92 Å². The van der Waals surface area contributed by atoms with Gasteiger partial charge in [0.1, 0.15) is 12.3 Å². The highest BCUT2D eigenvalue weighted by Crippen LogP contribution is 2.30. The van der Waals surface area contributed by atoms with Crippen molar-refractivity contribution in [1.29, 1.82) is 0 Å². The number of nitrogens with two attached hydrogens (primary N) is 1. The summed E-state index contributed by atoms with van der Waals surface area (Å²) in [5.41, 5.74) is 5.71. The van der Waals surface area contributed by atoms with Crippen molar-refractivity contribution in [3.8, 4) is 5.88 Å². The lowest BCUT2D eigenvalue weighted by Crippen LogP contribution is -2.13. The van der Waals surface area contributed by atoms with Gasteiger partial charge < -0.3 is 10.5 Å². The largest absolute Gasteiger partial charge is 0.472 e. The van der Waals surface area contributed by atoms with Crippen LogP contribution in [-0.4, -0.2) is 27.9 Å². The van der Waals surface area contributed by atoms with Gasteiger partial charge in [0.25, 0.3) is 5.88 Å². The summed E-state index contributed by atoms with van der Waals surface area (Å²) in [6.45, 7) is 2.50. The summed E-state index contributed by atoms with van der Waals surface area (Å²) >= 11 is 0. The van der Waals surface area contributed by atoms with Crippen molar-refractivity contribution in [2.75, 3.05) is 13.2 Å². The first kappa shape index (κ1) is 12.4. The average molecular weight is 228 g/mol. The predicted molar refractivity (Wildman–Crippen MR) is 58.4 cm³/mol. The quantitative estimate of drug-likeness (QED) is 0.568. The minimum Gasteiger partial charge on any atom is -0.472 e. The zero-order valence-electron chi connectivity index (χ0n) is 9.47. The van der Waals surface area contributed by atoms with Gasteiger partial charge in [-0.3, -0.25) is 10.1 Å². The number of nitrogens with zero attached hydrogens (tertiary/aromatic N) is 3. The highest BCUT2D eigenvalue weighted by molar-refractivity contribution is 5.46. The zero-order valence-corrected chi connectivity index (χ0v) is 9.47. The standard InChI is InChI=1S/C9H16N4O3/c1-3-4-7-8(13(14)15)9(12(2)11-7)16-6-5-10/h3-6,10H2,1-2H3. The Morgan fingerprint density at radius 1 is 1.62 bits per heavy atom. The Kier molecular flexibility index (Phi) is 4.24. The molecule has 0 aromatic carbocycles. The molecule has 0 amide bonds. The van der Waals surface area contributed by atoms with E-state index in [0.29, 0.717) is 18.7 Å². The van der Waals surface area contributed by atoms with Crippen molar-refractivity contribution in [3.63, 3.8) is 0 Å². The molecule has 0 radical (unpaired) electrons. The van der Waals surface area contributed by atoms with E-state index in [2.05, 4.69) is 5.10 Å². The SMILES string of the molecule is CCCc1nn(C)c(OCCN)c1[N+](=O)[O-]. The lowest BCUT2D eigenvalue weighted by molar-refractivity contribution is -0.386. The van der Waals surface area contributed by atoms with Crippen molar-refractivity contribution in [2.45, 2.75) is 19.8 Å². The normalized spacial score (nSPS) is 10.4. The van der Waals surface area contributed by atoms with Gasteiger partial charge in [-0.05, 0) is 6.42 Å². The summed E-state index contributed by atoms with van der Waals surface area (Å²) in [4.78, 5) is 10.5.